The highest BCUT2D eigenvalue weighted by Crippen LogP contribution is 2.29. The third kappa shape index (κ3) is 4.61. The van der Waals surface area contributed by atoms with Crippen molar-refractivity contribution in [1.29, 1.82) is 0 Å². The number of piperazine rings is 1. The molecule has 2 rings (SSSR count). The second kappa shape index (κ2) is 9.05. The van der Waals surface area contributed by atoms with E-state index in [0.29, 0.717) is 26.2 Å². The summed E-state index contributed by atoms with van der Waals surface area (Å²) in [7, 11) is 1.93. The number of hydrogen-bond donors (Lipinski definition) is 1. The van der Waals surface area contributed by atoms with E-state index in [0.717, 1.165) is 12.1 Å². The van der Waals surface area contributed by atoms with E-state index in [4.69, 9.17) is 0 Å². The second-order valence-corrected chi connectivity index (χ2v) is 6.87. The van der Waals surface area contributed by atoms with E-state index in [1.54, 1.807) is 11.8 Å². The van der Waals surface area contributed by atoms with Crippen molar-refractivity contribution in [3.63, 3.8) is 0 Å². The highest BCUT2D eigenvalue weighted by molar-refractivity contribution is 5.88. The van der Waals surface area contributed by atoms with E-state index in [9.17, 15) is 28.5 Å². The monoisotopic (exact) mass is 398 g/mol. The van der Waals surface area contributed by atoms with E-state index in [-0.39, 0.29) is 17.9 Å². The van der Waals surface area contributed by atoms with Crippen molar-refractivity contribution in [3.05, 3.63) is 39.4 Å². The largest absolute Gasteiger partial charge is 0.344 e. The van der Waals surface area contributed by atoms with Gasteiger partial charge in [-0.1, -0.05) is 13.8 Å². The van der Waals surface area contributed by atoms with Gasteiger partial charge in [0.1, 0.15) is 6.04 Å². The molecule has 1 N–H and O–H groups in total. The van der Waals surface area contributed by atoms with Gasteiger partial charge in [-0.3, -0.25) is 19.7 Å². The first-order valence-electron chi connectivity index (χ1n) is 9.06. The van der Waals surface area contributed by atoms with Crippen LogP contribution in [-0.4, -0.2) is 65.8 Å². The zero-order valence-corrected chi connectivity index (χ0v) is 16.1. The van der Waals surface area contributed by atoms with Crippen LogP contribution in [0, 0.1) is 21.7 Å². The first-order chi connectivity index (χ1) is 13.2. The summed E-state index contributed by atoms with van der Waals surface area (Å²) in [4.78, 5) is 38.4. The van der Waals surface area contributed by atoms with Crippen LogP contribution < -0.4 is 5.32 Å². The minimum absolute atomic E-state index is 0.121. The number of nitrogens with zero attached hydrogens (tertiary/aromatic N) is 3. The molecule has 1 aliphatic rings. The Morgan fingerprint density at radius 1 is 1.21 bits per heavy atom. The number of carbonyl (C=O) groups excluding carboxylic acids is 2. The molecule has 28 heavy (non-hydrogen) atoms. The Labute approximate surface area is 161 Å². The molecule has 1 aliphatic heterocycles. The summed E-state index contributed by atoms with van der Waals surface area (Å²) in [5.74, 6) is -4.67. The molecule has 10 heteroatoms. The highest BCUT2D eigenvalue weighted by atomic mass is 19.2. The lowest BCUT2D eigenvalue weighted by Crippen LogP contribution is -2.55. The van der Waals surface area contributed by atoms with E-state index in [1.165, 1.54) is 6.92 Å². The van der Waals surface area contributed by atoms with Crippen molar-refractivity contribution >= 4 is 17.5 Å². The third-order valence-corrected chi connectivity index (χ3v) is 5.00. The van der Waals surface area contributed by atoms with Crippen LogP contribution in [0.25, 0.3) is 0 Å². The molecule has 1 saturated heterocycles. The molecule has 0 spiro atoms. The highest BCUT2D eigenvalue weighted by Gasteiger charge is 2.35. The number of nitro groups is 1. The second-order valence-electron chi connectivity index (χ2n) is 6.87. The lowest BCUT2D eigenvalue weighted by atomic mass is 9.91. The molecule has 8 nitrogen and oxygen atoms in total. The number of benzene rings is 1. The fourth-order valence-electron chi connectivity index (χ4n) is 3.13. The molecule has 2 amide bonds. The lowest BCUT2D eigenvalue weighted by Gasteiger charge is -2.36. The Hall–Kier alpha value is -2.62. The summed E-state index contributed by atoms with van der Waals surface area (Å²) >= 11 is 0. The Balaban J connectivity index is 2.35. The van der Waals surface area contributed by atoms with Gasteiger partial charge < -0.3 is 15.1 Å². The molecule has 1 aromatic rings. The standard InChI is InChI=1S/C18H24F2N4O4/c1-4-14(25)21-17(18(26)23-9-7-22(3)8-10-23)11(2)12-5-6-13(24(27)28)16(20)15(12)19/h5-6,11,17H,4,7-10H2,1-3H3,(H,21,25)/t11-,17+/m0/s1. The van der Waals surface area contributed by atoms with Crippen LogP contribution in [0.15, 0.2) is 12.1 Å². The van der Waals surface area contributed by atoms with E-state index in [2.05, 4.69) is 10.2 Å². The number of rotatable bonds is 6. The summed E-state index contributed by atoms with van der Waals surface area (Å²) in [5, 5.41) is 13.4. The minimum Gasteiger partial charge on any atom is -0.344 e. The summed E-state index contributed by atoms with van der Waals surface area (Å²) in [6.45, 7) is 5.33. The zero-order chi connectivity index (χ0) is 21.0. The number of amides is 2. The molecule has 0 aliphatic carbocycles. The first-order valence-corrected chi connectivity index (χ1v) is 9.06. The van der Waals surface area contributed by atoms with Crippen LogP contribution in [0.1, 0.15) is 31.7 Å². The summed E-state index contributed by atoms with van der Waals surface area (Å²) < 4.78 is 28.5. The molecule has 0 bridgehead atoms. The molecule has 0 aromatic heterocycles. The fourth-order valence-corrected chi connectivity index (χ4v) is 3.13. The molecule has 1 heterocycles. The van der Waals surface area contributed by atoms with E-state index in [1.807, 2.05) is 7.05 Å². The van der Waals surface area contributed by atoms with E-state index < -0.39 is 40.1 Å². The smallest absolute Gasteiger partial charge is 0.307 e. The van der Waals surface area contributed by atoms with Gasteiger partial charge in [0.25, 0.3) is 0 Å². The molecule has 1 aromatic carbocycles. The lowest BCUT2D eigenvalue weighted by molar-refractivity contribution is -0.387. The Kier molecular flexibility index (Phi) is 7.00. The number of nitro benzene ring substituents is 1. The molecule has 0 saturated carbocycles. The van der Waals surface area contributed by atoms with Gasteiger partial charge in [0.15, 0.2) is 5.82 Å². The summed E-state index contributed by atoms with van der Waals surface area (Å²) in [6.07, 6.45) is 0.121. The molecule has 2 atom stereocenters. The maximum atomic E-state index is 14.5. The Bertz CT molecular complexity index is 766. The quantitative estimate of drug-likeness (QED) is 0.581. The molecule has 0 radical (unpaired) electrons. The normalized spacial score (nSPS) is 17.1. The average molecular weight is 398 g/mol. The van der Waals surface area contributed by atoms with Gasteiger partial charge in [0.05, 0.1) is 4.92 Å². The van der Waals surface area contributed by atoms with Gasteiger partial charge in [0.2, 0.25) is 17.6 Å². The molecule has 1 fully saturated rings. The maximum Gasteiger partial charge on any atom is 0.307 e. The van der Waals surface area contributed by atoms with Gasteiger partial charge in [-0.2, -0.15) is 4.39 Å². The van der Waals surface area contributed by atoms with Gasteiger partial charge >= 0.3 is 5.69 Å². The van der Waals surface area contributed by atoms with Crippen molar-refractivity contribution in [3.8, 4) is 0 Å². The van der Waals surface area contributed by atoms with Crippen molar-refractivity contribution in [2.45, 2.75) is 32.2 Å². The summed E-state index contributed by atoms with van der Waals surface area (Å²) in [5.41, 5.74) is -1.18. The van der Waals surface area contributed by atoms with Gasteiger partial charge in [-0.15, -0.1) is 0 Å². The Morgan fingerprint density at radius 2 is 1.82 bits per heavy atom. The Morgan fingerprint density at radius 3 is 2.36 bits per heavy atom. The van der Waals surface area contributed by atoms with Crippen LogP contribution in [0.4, 0.5) is 14.5 Å². The number of nitrogens with one attached hydrogen (secondary N) is 1. The number of halogens is 2. The van der Waals surface area contributed by atoms with Crippen molar-refractivity contribution in [2.24, 2.45) is 0 Å². The van der Waals surface area contributed by atoms with Crippen molar-refractivity contribution < 1.29 is 23.3 Å². The zero-order valence-electron chi connectivity index (χ0n) is 16.1. The van der Waals surface area contributed by atoms with Crippen molar-refractivity contribution in [1.82, 2.24) is 15.1 Å². The van der Waals surface area contributed by atoms with Gasteiger partial charge in [0, 0.05) is 44.6 Å². The predicted octanol–water partition coefficient (Wildman–Crippen LogP) is 1.65. The minimum atomic E-state index is -1.58. The van der Waals surface area contributed by atoms with Crippen LogP contribution in [0.3, 0.4) is 0 Å². The predicted molar refractivity (Wildman–Crippen MR) is 97.7 cm³/mol. The average Bonchev–Trinajstić information content (AvgIpc) is 2.67. The topological polar surface area (TPSA) is 95.8 Å². The van der Waals surface area contributed by atoms with Crippen LogP contribution in [0.2, 0.25) is 0 Å². The molecule has 154 valence electrons. The maximum absolute atomic E-state index is 14.5. The summed E-state index contributed by atoms with van der Waals surface area (Å²) in [6, 6.07) is 0.846. The number of carbonyl (C=O) groups is 2. The number of likely N-dealkylation sites (N-methyl/N-ethyl adjacent to an activating group) is 1. The fraction of sp³-hybridized carbons (Fsp3) is 0.556. The van der Waals surface area contributed by atoms with Crippen molar-refractivity contribution in [2.75, 3.05) is 33.2 Å². The van der Waals surface area contributed by atoms with Gasteiger partial charge in [-0.25, -0.2) is 4.39 Å². The SMILES string of the molecule is CCC(=O)N[C@@H](C(=O)N1CCN(C)CC1)[C@@H](C)c1ccc([N+](=O)[O-])c(F)c1F. The third-order valence-electron chi connectivity index (χ3n) is 5.00. The first kappa shape index (κ1) is 21.7. The number of hydrogen-bond acceptors (Lipinski definition) is 5. The molecular formula is C18H24F2N4O4. The van der Waals surface area contributed by atoms with Crippen LogP contribution in [-0.2, 0) is 9.59 Å². The molecule has 0 unspecified atom stereocenters. The van der Waals surface area contributed by atoms with Gasteiger partial charge in [-0.05, 0) is 18.7 Å². The van der Waals surface area contributed by atoms with E-state index >= 15 is 0 Å². The van der Waals surface area contributed by atoms with Crippen LogP contribution in [0.5, 0.6) is 0 Å². The van der Waals surface area contributed by atoms with Crippen LogP contribution >= 0.6 is 0 Å². The molecular weight excluding hydrogens is 374 g/mol.